The molecule has 0 aromatic heterocycles. The van der Waals surface area contributed by atoms with Gasteiger partial charge in [0.2, 0.25) is 11.8 Å². The molecule has 41 heavy (non-hydrogen) atoms. The van der Waals surface area contributed by atoms with Crippen molar-refractivity contribution in [2.75, 3.05) is 30.3 Å². The standard InChI is InChI=1S/C31H39N3O5S2/c1-6-20-32-31(36)24(4)33(21-25-11-9-8-10-23(25)3)30(35)22-34(26-12-14-27(15-13-26)39-7-2)41(37,38)29-18-16-28(40-5)17-19-29/h8-19,24H,6-7,20-22H2,1-5H3,(H,32,36)/t24-/m1/s1. The first-order chi connectivity index (χ1) is 19.6. The predicted octanol–water partition coefficient (Wildman–Crippen LogP) is 5.25. The molecule has 0 aliphatic heterocycles. The molecule has 3 aromatic rings. The van der Waals surface area contributed by atoms with E-state index in [1.165, 1.54) is 16.7 Å². The highest BCUT2D eigenvalue weighted by atomic mass is 32.2. The van der Waals surface area contributed by atoms with Crippen LogP contribution in [0.5, 0.6) is 5.75 Å². The lowest BCUT2D eigenvalue weighted by Gasteiger charge is -2.32. The normalized spacial score (nSPS) is 11.9. The molecular formula is C31H39N3O5S2. The lowest BCUT2D eigenvalue weighted by Crippen LogP contribution is -2.51. The van der Waals surface area contributed by atoms with Gasteiger partial charge in [-0.15, -0.1) is 11.8 Å². The SMILES string of the molecule is CCCNC(=O)[C@@H](C)N(Cc1ccccc1C)C(=O)CN(c1ccc(OCC)cc1)S(=O)(=O)c1ccc(SC)cc1. The fraction of sp³-hybridized carbons (Fsp3) is 0.355. The number of nitrogens with one attached hydrogen (secondary N) is 1. The predicted molar refractivity (Wildman–Crippen MR) is 165 cm³/mol. The largest absolute Gasteiger partial charge is 0.494 e. The average Bonchev–Trinajstić information content (AvgIpc) is 2.98. The number of hydrogen-bond donors (Lipinski definition) is 1. The molecule has 1 atom stereocenters. The van der Waals surface area contributed by atoms with Crippen LogP contribution in [-0.4, -0.2) is 57.1 Å². The Hall–Kier alpha value is -3.50. The van der Waals surface area contributed by atoms with E-state index in [1.807, 2.05) is 51.3 Å². The van der Waals surface area contributed by atoms with E-state index in [2.05, 4.69) is 5.32 Å². The number of sulfonamides is 1. The Morgan fingerprint density at radius 3 is 2.22 bits per heavy atom. The van der Waals surface area contributed by atoms with Gasteiger partial charge in [0.05, 0.1) is 17.2 Å². The topological polar surface area (TPSA) is 96.0 Å². The molecule has 0 radical (unpaired) electrons. The van der Waals surface area contributed by atoms with Gasteiger partial charge in [-0.1, -0.05) is 31.2 Å². The van der Waals surface area contributed by atoms with Gasteiger partial charge in [-0.05, 0) is 93.1 Å². The van der Waals surface area contributed by atoms with E-state index in [0.717, 1.165) is 26.7 Å². The Balaban J connectivity index is 2.03. The number of amides is 2. The van der Waals surface area contributed by atoms with E-state index in [9.17, 15) is 18.0 Å². The zero-order chi connectivity index (χ0) is 30.0. The second kappa shape index (κ2) is 14.9. The molecule has 0 saturated heterocycles. The third kappa shape index (κ3) is 8.27. The molecule has 0 aliphatic carbocycles. The van der Waals surface area contributed by atoms with Crippen molar-refractivity contribution < 1.29 is 22.7 Å². The van der Waals surface area contributed by atoms with E-state index < -0.39 is 28.5 Å². The molecule has 0 fully saturated rings. The maximum absolute atomic E-state index is 14.0. The summed E-state index contributed by atoms with van der Waals surface area (Å²) in [6, 6.07) is 20.0. The minimum atomic E-state index is -4.14. The molecule has 1 N–H and O–H groups in total. The quantitative estimate of drug-likeness (QED) is 0.255. The lowest BCUT2D eigenvalue weighted by atomic mass is 10.1. The van der Waals surface area contributed by atoms with Crippen molar-refractivity contribution >= 4 is 39.3 Å². The van der Waals surface area contributed by atoms with Crippen molar-refractivity contribution in [1.82, 2.24) is 10.2 Å². The maximum Gasteiger partial charge on any atom is 0.264 e. The number of hydrogen-bond acceptors (Lipinski definition) is 6. The van der Waals surface area contributed by atoms with Crippen LogP contribution in [0.2, 0.25) is 0 Å². The summed E-state index contributed by atoms with van der Waals surface area (Å²) in [7, 11) is -4.14. The van der Waals surface area contributed by atoms with Gasteiger partial charge >= 0.3 is 0 Å². The van der Waals surface area contributed by atoms with Gasteiger partial charge in [-0.3, -0.25) is 13.9 Å². The zero-order valence-electron chi connectivity index (χ0n) is 24.3. The van der Waals surface area contributed by atoms with E-state index in [0.29, 0.717) is 24.6 Å². The van der Waals surface area contributed by atoms with Gasteiger partial charge in [0.25, 0.3) is 10.0 Å². The number of ether oxygens (including phenoxy) is 1. The highest BCUT2D eigenvalue weighted by molar-refractivity contribution is 7.98. The Kier molecular flexibility index (Phi) is 11.7. The Morgan fingerprint density at radius 2 is 1.63 bits per heavy atom. The molecule has 0 spiro atoms. The van der Waals surface area contributed by atoms with Crippen molar-refractivity contribution in [3.05, 3.63) is 83.9 Å². The van der Waals surface area contributed by atoms with Crippen LogP contribution in [0.15, 0.2) is 82.6 Å². The first-order valence-corrected chi connectivity index (χ1v) is 16.3. The van der Waals surface area contributed by atoms with Crippen LogP contribution in [0.4, 0.5) is 5.69 Å². The van der Waals surface area contributed by atoms with Gasteiger partial charge in [0.1, 0.15) is 18.3 Å². The first kappa shape index (κ1) is 32.0. The van der Waals surface area contributed by atoms with E-state index in [-0.39, 0.29) is 17.3 Å². The maximum atomic E-state index is 14.0. The number of anilines is 1. The Morgan fingerprint density at radius 1 is 0.976 bits per heavy atom. The van der Waals surface area contributed by atoms with Crippen molar-refractivity contribution in [2.45, 2.75) is 56.5 Å². The van der Waals surface area contributed by atoms with Crippen LogP contribution in [0.25, 0.3) is 0 Å². The number of benzene rings is 3. The van der Waals surface area contributed by atoms with Crippen LogP contribution < -0.4 is 14.4 Å². The molecule has 3 rings (SSSR count). The minimum absolute atomic E-state index is 0.0659. The molecule has 0 aliphatic rings. The fourth-order valence-corrected chi connectivity index (χ4v) is 6.05. The summed E-state index contributed by atoms with van der Waals surface area (Å²) < 4.78 is 34.6. The van der Waals surface area contributed by atoms with Crippen LogP contribution in [-0.2, 0) is 26.2 Å². The second-order valence-electron chi connectivity index (χ2n) is 9.53. The number of carbonyl (C=O) groups is 2. The first-order valence-electron chi connectivity index (χ1n) is 13.6. The molecule has 0 heterocycles. The number of aryl methyl sites for hydroxylation is 1. The van der Waals surface area contributed by atoms with Gasteiger partial charge in [-0.2, -0.15) is 0 Å². The third-order valence-corrected chi connectivity index (χ3v) is 9.21. The van der Waals surface area contributed by atoms with Crippen LogP contribution in [0.3, 0.4) is 0 Å². The molecule has 10 heteroatoms. The monoisotopic (exact) mass is 597 g/mol. The number of nitrogens with zero attached hydrogens (tertiary/aromatic N) is 2. The highest BCUT2D eigenvalue weighted by Crippen LogP contribution is 2.28. The molecule has 2 amide bonds. The highest BCUT2D eigenvalue weighted by Gasteiger charge is 2.32. The summed E-state index contributed by atoms with van der Waals surface area (Å²) in [5, 5.41) is 2.86. The minimum Gasteiger partial charge on any atom is -0.494 e. The van der Waals surface area contributed by atoms with Crippen molar-refractivity contribution in [3.8, 4) is 5.75 Å². The van der Waals surface area contributed by atoms with Gasteiger partial charge in [-0.25, -0.2) is 8.42 Å². The Labute approximate surface area is 248 Å². The average molecular weight is 598 g/mol. The summed E-state index contributed by atoms with van der Waals surface area (Å²) in [6.07, 6.45) is 2.67. The van der Waals surface area contributed by atoms with Crippen molar-refractivity contribution in [3.63, 3.8) is 0 Å². The van der Waals surface area contributed by atoms with Crippen LogP contribution in [0.1, 0.15) is 38.3 Å². The summed E-state index contributed by atoms with van der Waals surface area (Å²) in [6.45, 7) is 8.03. The smallest absolute Gasteiger partial charge is 0.264 e. The van der Waals surface area contributed by atoms with Crippen molar-refractivity contribution in [1.29, 1.82) is 0 Å². The van der Waals surface area contributed by atoms with Crippen molar-refractivity contribution in [2.24, 2.45) is 0 Å². The van der Waals surface area contributed by atoms with E-state index in [4.69, 9.17) is 4.74 Å². The van der Waals surface area contributed by atoms with E-state index in [1.54, 1.807) is 55.5 Å². The third-order valence-electron chi connectivity index (χ3n) is 6.68. The van der Waals surface area contributed by atoms with Gasteiger partial charge in [0, 0.05) is 18.0 Å². The molecule has 3 aromatic carbocycles. The van der Waals surface area contributed by atoms with Gasteiger partial charge < -0.3 is 15.0 Å². The summed E-state index contributed by atoms with van der Waals surface area (Å²) >= 11 is 1.51. The fourth-order valence-electron chi connectivity index (χ4n) is 4.23. The molecule has 220 valence electrons. The summed E-state index contributed by atoms with van der Waals surface area (Å²) in [5.41, 5.74) is 2.16. The summed E-state index contributed by atoms with van der Waals surface area (Å²) in [4.78, 5) is 29.5. The Bertz CT molecular complexity index is 1410. The zero-order valence-corrected chi connectivity index (χ0v) is 25.9. The number of rotatable bonds is 14. The summed E-state index contributed by atoms with van der Waals surface area (Å²) in [5.74, 6) is -0.200. The number of carbonyl (C=O) groups excluding carboxylic acids is 2. The molecule has 0 saturated carbocycles. The molecule has 8 nitrogen and oxygen atoms in total. The van der Waals surface area contributed by atoms with Crippen LogP contribution >= 0.6 is 11.8 Å². The molecule has 0 bridgehead atoms. The second-order valence-corrected chi connectivity index (χ2v) is 12.3. The van der Waals surface area contributed by atoms with E-state index >= 15 is 0 Å². The number of thioether (sulfide) groups is 1. The van der Waals surface area contributed by atoms with Crippen LogP contribution in [0, 0.1) is 6.92 Å². The lowest BCUT2D eigenvalue weighted by molar-refractivity contribution is -0.139. The molecular weight excluding hydrogens is 558 g/mol. The van der Waals surface area contributed by atoms with Gasteiger partial charge in [0.15, 0.2) is 0 Å². The molecule has 0 unspecified atom stereocenters.